The van der Waals surface area contributed by atoms with Crippen molar-refractivity contribution in [2.24, 2.45) is 0 Å². The number of nitrogens with zero attached hydrogens (tertiary/aromatic N) is 1. The van der Waals surface area contributed by atoms with Crippen molar-refractivity contribution in [2.45, 2.75) is 6.54 Å². The molecule has 0 bridgehead atoms. The van der Waals surface area contributed by atoms with E-state index in [9.17, 15) is 4.79 Å². The number of pyridine rings is 1. The van der Waals surface area contributed by atoms with Crippen LogP contribution in [0.15, 0.2) is 48.0 Å². The molecule has 0 amide bonds. The zero-order chi connectivity index (χ0) is 13.9. The van der Waals surface area contributed by atoms with Crippen LogP contribution >= 0.6 is 23.7 Å². The van der Waals surface area contributed by atoms with Gasteiger partial charge >= 0.3 is 5.97 Å². The number of para-hydroxylation sites is 1. The molecule has 0 fully saturated rings. The van der Waals surface area contributed by atoms with Crippen molar-refractivity contribution < 1.29 is 9.90 Å². The highest BCUT2D eigenvalue weighted by Crippen LogP contribution is 2.24. The molecular weight excluding hydrogens is 308 g/mol. The molecule has 4 nitrogen and oxygen atoms in total. The van der Waals surface area contributed by atoms with E-state index in [1.165, 1.54) is 11.3 Å². The van der Waals surface area contributed by atoms with Crippen molar-refractivity contribution >= 4 is 46.3 Å². The molecule has 2 heterocycles. The van der Waals surface area contributed by atoms with Crippen LogP contribution in [0.2, 0.25) is 0 Å². The van der Waals surface area contributed by atoms with Crippen LogP contribution in [0.3, 0.4) is 0 Å². The zero-order valence-electron chi connectivity index (χ0n) is 10.9. The molecule has 0 aliphatic rings. The van der Waals surface area contributed by atoms with Crippen LogP contribution in [0.5, 0.6) is 0 Å². The van der Waals surface area contributed by atoms with Gasteiger partial charge in [0.25, 0.3) is 0 Å². The second-order valence-electron chi connectivity index (χ2n) is 4.31. The molecule has 0 unspecified atom stereocenters. The van der Waals surface area contributed by atoms with E-state index in [1.54, 1.807) is 17.6 Å². The lowest BCUT2D eigenvalue weighted by molar-refractivity contribution is 0.0703. The fraction of sp³-hybridized carbons (Fsp3) is 0.0667. The first-order valence-electron chi connectivity index (χ1n) is 6.13. The average Bonchev–Trinajstić information content (AvgIpc) is 2.93. The molecule has 0 saturated heterocycles. The quantitative estimate of drug-likeness (QED) is 0.762. The van der Waals surface area contributed by atoms with Gasteiger partial charge in [-0.25, -0.2) is 4.79 Å². The van der Waals surface area contributed by atoms with Gasteiger partial charge in [0.15, 0.2) is 0 Å². The summed E-state index contributed by atoms with van der Waals surface area (Å²) in [7, 11) is 0. The van der Waals surface area contributed by atoms with Crippen molar-refractivity contribution in [3.63, 3.8) is 0 Å². The van der Waals surface area contributed by atoms with Crippen LogP contribution in [0, 0.1) is 0 Å². The minimum atomic E-state index is -0.901. The standard InChI is InChI=1S/C15H12N2O2S.ClH/c18-15(19)14-13(6-8-20-14)17-9-10-5-7-16-12-4-2-1-3-11(10)12;/h1-8,17H,9H2,(H,18,19);1H. The normalized spacial score (nSPS) is 10.1. The van der Waals surface area contributed by atoms with Crippen molar-refractivity contribution in [2.75, 3.05) is 5.32 Å². The van der Waals surface area contributed by atoms with E-state index < -0.39 is 5.97 Å². The van der Waals surface area contributed by atoms with Crippen LogP contribution in [-0.4, -0.2) is 16.1 Å². The molecule has 108 valence electrons. The number of thiophene rings is 1. The van der Waals surface area contributed by atoms with Gasteiger partial charge in [0.1, 0.15) is 4.88 Å². The Morgan fingerprint density at radius 3 is 2.86 bits per heavy atom. The van der Waals surface area contributed by atoms with Crippen LogP contribution in [0.4, 0.5) is 5.69 Å². The van der Waals surface area contributed by atoms with Crippen molar-refractivity contribution in [1.82, 2.24) is 4.98 Å². The summed E-state index contributed by atoms with van der Waals surface area (Å²) in [5.74, 6) is -0.901. The summed E-state index contributed by atoms with van der Waals surface area (Å²) in [6.45, 7) is 0.569. The Morgan fingerprint density at radius 1 is 1.24 bits per heavy atom. The van der Waals surface area contributed by atoms with E-state index in [0.717, 1.165) is 16.5 Å². The first kappa shape index (κ1) is 15.3. The van der Waals surface area contributed by atoms with Gasteiger partial charge in [-0.3, -0.25) is 4.98 Å². The molecule has 3 rings (SSSR count). The molecule has 0 radical (unpaired) electrons. The number of carbonyl (C=O) groups is 1. The Balaban J connectivity index is 0.00000161. The third-order valence-corrected chi connectivity index (χ3v) is 3.97. The third kappa shape index (κ3) is 3.15. The van der Waals surface area contributed by atoms with Gasteiger partial charge in [0.05, 0.1) is 11.2 Å². The number of aromatic carboxylic acids is 1. The molecule has 0 atom stereocenters. The van der Waals surface area contributed by atoms with Gasteiger partial charge in [-0.15, -0.1) is 23.7 Å². The van der Waals surface area contributed by atoms with Crippen LogP contribution in [0.25, 0.3) is 10.9 Å². The Hall–Kier alpha value is -2.11. The Morgan fingerprint density at radius 2 is 2.05 bits per heavy atom. The highest BCUT2D eigenvalue weighted by atomic mass is 35.5. The number of carboxylic acids is 1. The molecule has 6 heteroatoms. The van der Waals surface area contributed by atoms with E-state index >= 15 is 0 Å². The van der Waals surface area contributed by atoms with E-state index in [1.807, 2.05) is 30.3 Å². The first-order chi connectivity index (χ1) is 9.75. The summed E-state index contributed by atoms with van der Waals surface area (Å²) >= 11 is 1.22. The molecule has 3 aromatic rings. The number of carboxylic acid groups (broad SMARTS) is 1. The third-order valence-electron chi connectivity index (χ3n) is 3.07. The molecule has 21 heavy (non-hydrogen) atoms. The molecule has 0 aliphatic heterocycles. The molecule has 2 aromatic heterocycles. The molecule has 1 aromatic carbocycles. The Bertz CT molecular complexity index is 768. The summed E-state index contributed by atoms with van der Waals surface area (Å²) in [6, 6.07) is 11.6. The number of benzene rings is 1. The average molecular weight is 321 g/mol. The Labute approximate surface area is 131 Å². The van der Waals surface area contributed by atoms with E-state index in [0.29, 0.717) is 17.1 Å². The fourth-order valence-corrected chi connectivity index (χ4v) is 2.82. The van der Waals surface area contributed by atoms with Crippen molar-refractivity contribution in [1.29, 1.82) is 0 Å². The van der Waals surface area contributed by atoms with Gasteiger partial charge < -0.3 is 10.4 Å². The van der Waals surface area contributed by atoms with Gasteiger partial charge in [-0.2, -0.15) is 0 Å². The summed E-state index contributed by atoms with van der Waals surface area (Å²) in [6.07, 6.45) is 1.77. The van der Waals surface area contributed by atoms with E-state index in [4.69, 9.17) is 5.11 Å². The van der Waals surface area contributed by atoms with Gasteiger partial charge in [-0.1, -0.05) is 18.2 Å². The van der Waals surface area contributed by atoms with Crippen molar-refractivity contribution in [3.8, 4) is 0 Å². The minimum Gasteiger partial charge on any atom is -0.477 e. The summed E-state index contributed by atoms with van der Waals surface area (Å²) in [5, 5.41) is 15.1. The molecule has 0 spiro atoms. The summed E-state index contributed by atoms with van der Waals surface area (Å²) < 4.78 is 0. The smallest absolute Gasteiger partial charge is 0.348 e. The van der Waals surface area contributed by atoms with Gasteiger partial charge in [0.2, 0.25) is 0 Å². The number of anilines is 1. The number of halogens is 1. The van der Waals surface area contributed by atoms with Crippen molar-refractivity contribution in [3.05, 3.63) is 58.4 Å². The lowest BCUT2D eigenvalue weighted by atomic mass is 10.1. The number of aromatic nitrogens is 1. The number of hydrogen-bond acceptors (Lipinski definition) is 4. The molecular formula is C15H13ClN2O2S. The maximum atomic E-state index is 11.1. The van der Waals surface area contributed by atoms with E-state index in [2.05, 4.69) is 10.3 Å². The minimum absolute atomic E-state index is 0. The highest BCUT2D eigenvalue weighted by Gasteiger charge is 2.11. The largest absolute Gasteiger partial charge is 0.477 e. The molecule has 2 N–H and O–H groups in total. The SMILES string of the molecule is Cl.O=C(O)c1sccc1NCc1ccnc2ccccc12. The topological polar surface area (TPSA) is 62.2 Å². The molecule has 0 aliphatic carbocycles. The fourth-order valence-electron chi connectivity index (χ4n) is 2.11. The number of nitrogens with one attached hydrogen (secondary N) is 1. The number of rotatable bonds is 4. The zero-order valence-corrected chi connectivity index (χ0v) is 12.6. The highest BCUT2D eigenvalue weighted by molar-refractivity contribution is 7.12. The van der Waals surface area contributed by atoms with Gasteiger partial charge in [0, 0.05) is 18.1 Å². The number of hydrogen-bond donors (Lipinski definition) is 2. The Kier molecular flexibility index (Phi) is 4.77. The maximum absolute atomic E-state index is 11.1. The van der Waals surface area contributed by atoms with Crippen LogP contribution in [0.1, 0.15) is 15.2 Å². The maximum Gasteiger partial charge on any atom is 0.348 e. The summed E-state index contributed by atoms with van der Waals surface area (Å²) in [5.41, 5.74) is 2.69. The van der Waals surface area contributed by atoms with Gasteiger partial charge in [-0.05, 0) is 29.1 Å². The second-order valence-corrected chi connectivity index (χ2v) is 5.23. The van der Waals surface area contributed by atoms with Crippen LogP contribution in [-0.2, 0) is 6.54 Å². The summed E-state index contributed by atoms with van der Waals surface area (Å²) in [4.78, 5) is 15.7. The lowest BCUT2D eigenvalue weighted by Gasteiger charge is -2.08. The molecule has 0 saturated carbocycles. The lowest BCUT2D eigenvalue weighted by Crippen LogP contribution is -2.04. The number of fused-ring (bicyclic) bond motifs is 1. The monoisotopic (exact) mass is 320 g/mol. The van der Waals surface area contributed by atoms with Crippen LogP contribution < -0.4 is 5.32 Å². The first-order valence-corrected chi connectivity index (χ1v) is 7.01. The predicted molar refractivity (Wildman–Crippen MR) is 87.6 cm³/mol. The second kappa shape index (κ2) is 6.56. The van der Waals surface area contributed by atoms with E-state index in [-0.39, 0.29) is 12.4 Å². The predicted octanol–water partition coefficient (Wildman–Crippen LogP) is 4.03.